The Hall–Kier alpha value is -2.64. The lowest BCUT2D eigenvalue weighted by atomic mass is 10.1. The van der Waals surface area contributed by atoms with Crippen molar-refractivity contribution in [1.29, 1.82) is 0 Å². The molecule has 1 heterocycles. The van der Waals surface area contributed by atoms with Crippen molar-refractivity contribution in [3.05, 3.63) is 18.2 Å². The van der Waals surface area contributed by atoms with E-state index in [0.717, 1.165) is 0 Å². The number of hydrogen-bond donors (Lipinski definition) is 1. The molecule has 0 unspecified atom stereocenters. The molecule has 0 saturated carbocycles. The van der Waals surface area contributed by atoms with Crippen LogP contribution in [-0.2, 0) is 9.47 Å². The first-order valence-electron chi connectivity index (χ1n) is 10.3. The maximum absolute atomic E-state index is 12.4. The van der Waals surface area contributed by atoms with Crippen LogP contribution in [0.25, 0.3) is 0 Å². The van der Waals surface area contributed by atoms with Crippen LogP contribution in [0.5, 0.6) is 5.75 Å². The number of amides is 2. The second-order valence-corrected chi connectivity index (χ2v) is 9.54. The van der Waals surface area contributed by atoms with E-state index in [1.807, 2.05) is 41.5 Å². The van der Waals surface area contributed by atoms with Crippen molar-refractivity contribution in [2.75, 3.05) is 30.8 Å². The number of nitrogens with zero attached hydrogens (tertiary/aromatic N) is 2. The Balaban J connectivity index is 1.98. The van der Waals surface area contributed by atoms with Crippen molar-refractivity contribution in [1.82, 2.24) is 4.90 Å². The number of rotatable bonds is 3. The molecule has 8 nitrogen and oxygen atoms in total. The number of benzene rings is 1. The molecule has 0 aliphatic carbocycles. The fourth-order valence-corrected chi connectivity index (χ4v) is 2.99. The molecule has 1 aliphatic heterocycles. The highest BCUT2D eigenvalue weighted by Crippen LogP contribution is 2.30. The van der Waals surface area contributed by atoms with E-state index in [0.29, 0.717) is 43.1 Å². The van der Waals surface area contributed by atoms with Crippen LogP contribution in [0, 0.1) is 0 Å². The number of anilines is 2. The van der Waals surface area contributed by atoms with Crippen LogP contribution in [0.3, 0.4) is 0 Å². The van der Waals surface area contributed by atoms with Gasteiger partial charge in [0.05, 0.1) is 11.4 Å². The summed E-state index contributed by atoms with van der Waals surface area (Å²) in [5.74, 6) is 0.616. The van der Waals surface area contributed by atoms with Crippen molar-refractivity contribution < 1.29 is 23.8 Å². The Labute approximate surface area is 179 Å². The van der Waals surface area contributed by atoms with Gasteiger partial charge in [-0.05, 0) is 53.7 Å². The van der Waals surface area contributed by atoms with Gasteiger partial charge in [0.25, 0.3) is 0 Å². The first-order valence-corrected chi connectivity index (χ1v) is 10.3. The third-order valence-electron chi connectivity index (χ3n) is 4.43. The molecule has 1 aliphatic rings. The van der Waals surface area contributed by atoms with Crippen LogP contribution >= 0.6 is 0 Å². The molecule has 0 bridgehead atoms. The molecule has 0 radical (unpaired) electrons. The van der Waals surface area contributed by atoms with Gasteiger partial charge < -0.3 is 24.8 Å². The molecule has 2 rings (SSSR count). The van der Waals surface area contributed by atoms with E-state index >= 15 is 0 Å². The smallest absolute Gasteiger partial charge is 0.414 e. The number of nitrogen functional groups attached to an aromatic ring is 1. The summed E-state index contributed by atoms with van der Waals surface area (Å²) in [6.45, 7) is 12.1. The molecular weight excluding hydrogens is 386 g/mol. The van der Waals surface area contributed by atoms with Gasteiger partial charge >= 0.3 is 12.2 Å². The Morgan fingerprint density at radius 2 is 1.60 bits per heavy atom. The fourth-order valence-electron chi connectivity index (χ4n) is 2.99. The number of ether oxygens (including phenoxy) is 3. The standard InChI is InChI=1S/C22H35N3O5/c1-21(2,3)29-19(26)24(7)18-14-16(8-9-17(18)23)28-15-10-12-25(13-11-15)20(27)30-22(4,5)6/h8-9,14-15H,10-13,23H2,1-7H3. The minimum atomic E-state index is -0.601. The number of hydrogen-bond acceptors (Lipinski definition) is 6. The van der Waals surface area contributed by atoms with Gasteiger partial charge in [-0.25, -0.2) is 9.59 Å². The summed E-state index contributed by atoms with van der Waals surface area (Å²) in [5.41, 5.74) is 5.93. The largest absolute Gasteiger partial charge is 0.490 e. The van der Waals surface area contributed by atoms with Gasteiger partial charge in [-0.3, -0.25) is 4.90 Å². The zero-order valence-corrected chi connectivity index (χ0v) is 19.2. The summed E-state index contributed by atoms with van der Waals surface area (Å²) in [5, 5.41) is 0. The Bertz CT molecular complexity index is 759. The summed E-state index contributed by atoms with van der Waals surface area (Å²) in [7, 11) is 1.61. The zero-order chi connectivity index (χ0) is 22.7. The number of nitrogens with two attached hydrogens (primary N) is 1. The second kappa shape index (κ2) is 9.02. The lowest BCUT2D eigenvalue weighted by Gasteiger charge is -2.33. The van der Waals surface area contributed by atoms with E-state index in [-0.39, 0.29) is 12.2 Å². The zero-order valence-electron chi connectivity index (χ0n) is 19.2. The Morgan fingerprint density at radius 1 is 1.03 bits per heavy atom. The molecule has 1 saturated heterocycles. The monoisotopic (exact) mass is 421 g/mol. The van der Waals surface area contributed by atoms with Crippen LogP contribution in [0.4, 0.5) is 21.0 Å². The third-order valence-corrected chi connectivity index (χ3v) is 4.43. The molecule has 30 heavy (non-hydrogen) atoms. The topological polar surface area (TPSA) is 94.3 Å². The van der Waals surface area contributed by atoms with Gasteiger partial charge in [-0.15, -0.1) is 0 Å². The van der Waals surface area contributed by atoms with Gasteiger partial charge in [0.1, 0.15) is 23.1 Å². The number of carbonyl (C=O) groups is 2. The van der Waals surface area contributed by atoms with Gasteiger partial charge in [-0.2, -0.15) is 0 Å². The molecule has 1 aromatic rings. The third kappa shape index (κ3) is 7.00. The van der Waals surface area contributed by atoms with Crippen LogP contribution in [-0.4, -0.2) is 54.5 Å². The predicted molar refractivity (Wildman–Crippen MR) is 117 cm³/mol. The van der Waals surface area contributed by atoms with E-state index in [9.17, 15) is 9.59 Å². The van der Waals surface area contributed by atoms with Crippen LogP contribution in [0.2, 0.25) is 0 Å². The van der Waals surface area contributed by atoms with E-state index in [1.54, 1.807) is 30.1 Å². The SMILES string of the molecule is CN(C(=O)OC(C)(C)C)c1cc(OC2CCN(C(=O)OC(C)(C)C)CC2)ccc1N. The van der Waals surface area contributed by atoms with Crippen LogP contribution in [0.1, 0.15) is 54.4 Å². The van der Waals surface area contributed by atoms with Gasteiger partial charge in [0.15, 0.2) is 0 Å². The lowest BCUT2D eigenvalue weighted by Crippen LogP contribution is -2.44. The van der Waals surface area contributed by atoms with Gasteiger partial charge in [-0.1, -0.05) is 0 Å². The summed E-state index contributed by atoms with van der Waals surface area (Å²) in [4.78, 5) is 27.6. The summed E-state index contributed by atoms with van der Waals surface area (Å²) in [6, 6.07) is 5.23. The number of likely N-dealkylation sites (tertiary alicyclic amines) is 1. The Kier molecular flexibility index (Phi) is 7.10. The number of carbonyl (C=O) groups excluding carboxylic acids is 2. The average molecular weight is 422 g/mol. The molecule has 0 aromatic heterocycles. The van der Waals surface area contributed by atoms with Crippen molar-refractivity contribution in [2.45, 2.75) is 71.7 Å². The minimum absolute atomic E-state index is 0.0352. The molecule has 1 fully saturated rings. The molecule has 168 valence electrons. The Morgan fingerprint density at radius 3 is 2.13 bits per heavy atom. The fraction of sp³-hybridized carbons (Fsp3) is 0.636. The summed E-state index contributed by atoms with van der Waals surface area (Å²) < 4.78 is 16.9. The maximum Gasteiger partial charge on any atom is 0.414 e. The average Bonchev–Trinajstić information content (AvgIpc) is 2.60. The van der Waals surface area contributed by atoms with Crippen molar-refractivity contribution >= 4 is 23.6 Å². The van der Waals surface area contributed by atoms with Gasteiger partial charge in [0.2, 0.25) is 0 Å². The molecule has 8 heteroatoms. The highest BCUT2D eigenvalue weighted by atomic mass is 16.6. The normalized spacial score (nSPS) is 15.5. The highest BCUT2D eigenvalue weighted by molar-refractivity contribution is 5.91. The molecule has 2 N–H and O–H groups in total. The molecule has 2 amide bonds. The first kappa shape index (κ1) is 23.6. The lowest BCUT2D eigenvalue weighted by molar-refractivity contribution is 0.0126. The number of piperidine rings is 1. The van der Waals surface area contributed by atoms with Crippen molar-refractivity contribution in [3.63, 3.8) is 0 Å². The summed E-state index contributed by atoms with van der Waals surface area (Å²) >= 11 is 0. The minimum Gasteiger partial charge on any atom is -0.490 e. The van der Waals surface area contributed by atoms with Crippen LogP contribution in [0.15, 0.2) is 18.2 Å². The van der Waals surface area contributed by atoms with Gasteiger partial charge in [0, 0.05) is 39.0 Å². The van der Waals surface area contributed by atoms with E-state index < -0.39 is 17.3 Å². The second-order valence-electron chi connectivity index (χ2n) is 9.54. The van der Waals surface area contributed by atoms with E-state index in [1.165, 1.54) is 4.90 Å². The van der Waals surface area contributed by atoms with Crippen molar-refractivity contribution in [3.8, 4) is 5.75 Å². The predicted octanol–water partition coefficient (Wildman–Crippen LogP) is 4.42. The molecule has 1 aromatic carbocycles. The first-order chi connectivity index (χ1) is 13.7. The quantitative estimate of drug-likeness (QED) is 0.726. The molecular formula is C22H35N3O5. The van der Waals surface area contributed by atoms with Crippen molar-refractivity contribution in [2.24, 2.45) is 0 Å². The van der Waals surface area contributed by atoms with Crippen LogP contribution < -0.4 is 15.4 Å². The summed E-state index contributed by atoms with van der Waals surface area (Å²) in [6.07, 6.45) is 0.570. The van der Waals surface area contributed by atoms with E-state index in [4.69, 9.17) is 19.9 Å². The molecule has 0 atom stereocenters. The van der Waals surface area contributed by atoms with E-state index in [2.05, 4.69) is 0 Å². The maximum atomic E-state index is 12.4. The highest BCUT2D eigenvalue weighted by Gasteiger charge is 2.28. The molecule has 0 spiro atoms.